The molecule has 2 aromatic rings. The fourth-order valence-corrected chi connectivity index (χ4v) is 1.96. The maximum absolute atomic E-state index is 13.7. The zero-order valence-electron chi connectivity index (χ0n) is 10.9. The number of nitrogens with two attached hydrogens (primary N) is 1. The van der Waals surface area contributed by atoms with Gasteiger partial charge in [0.1, 0.15) is 5.82 Å². The maximum atomic E-state index is 13.7. The molecule has 4 nitrogen and oxygen atoms in total. The number of hydrogen-bond acceptors (Lipinski definition) is 4. The fourth-order valence-electron chi connectivity index (χ4n) is 1.96. The first-order chi connectivity index (χ1) is 9.65. The number of ether oxygens (including phenoxy) is 1. The number of hydrazine groups is 1. The summed E-state index contributed by atoms with van der Waals surface area (Å²) >= 11 is 0. The second kappa shape index (κ2) is 6.40. The van der Waals surface area contributed by atoms with E-state index in [4.69, 9.17) is 10.6 Å². The van der Waals surface area contributed by atoms with E-state index in [1.807, 2.05) is 0 Å². The monoisotopic (exact) mass is 279 g/mol. The standard InChI is InChI=1S/C14H15F2N3O/c1-20-13-5-4-9(7-11(13)16)8-12(19-17)14-10(15)3-2-6-18-14/h2-7,12,19H,8,17H2,1H3. The van der Waals surface area contributed by atoms with E-state index in [0.29, 0.717) is 12.0 Å². The van der Waals surface area contributed by atoms with Crippen LogP contribution in [0, 0.1) is 11.6 Å². The Balaban J connectivity index is 2.23. The van der Waals surface area contributed by atoms with Gasteiger partial charge in [-0.1, -0.05) is 6.07 Å². The molecular formula is C14H15F2N3O. The minimum Gasteiger partial charge on any atom is -0.494 e. The first-order valence-electron chi connectivity index (χ1n) is 6.04. The quantitative estimate of drug-likeness (QED) is 0.650. The maximum Gasteiger partial charge on any atom is 0.165 e. The van der Waals surface area contributed by atoms with Gasteiger partial charge >= 0.3 is 0 Å². The Morgan fingerprint density at radius 1 is 1.30 bits per heavy atom. The molecule has 1 aromatic heterocycles. The van der Waals surface area contributed by atoms with Gasteiger partial charge in [0.05, 0.1) is 18.8 Å². The molecule has 20 heavy (non-hydrogen) atoms. The fraction of sp³-hybridized carbons (Fsp3) is 0.214. The van der Waals surface area contributed by atoms with E-state index < -0.39 is 17.7 Å². The van der Waals surface area contributed by atoms with Crippen molar-refractivity contribution in [2.75, 3.05) is 7.11 Å². The highest BCUT2D eigenvalue weighted by Crippen LogP contribution is 2.22. The molecule has 1 heterocycles. The molecule has 0 aliphatic rings. The molecule has 0 saturated heterocycles. The minimum absolute atomic E-state index is 0.162. The number of benzene rings is 1. The topological polar surface area (TPSA) is 60.2 Å². The lowest BCUT2D eigenvalue weighted by atomic mass is 10.0. The molecule has 1 atom stereocenters. The number of hydrogen-bond donors (Lipinski definition) is 2. The first-order valence-corrected chi connectivity index (χ1v) is 6.04. The van der Waals surface area contributed by atoms with Crippen LogP contribution in [0.4, 0.5) is 8.78 Å². The van der Waals surface area contributed by atoms with Crippen LogP contribution in [0.1, 0.15) is 17.3 Å². The second-order valence-electron chi connectivity index (χ2n) is 4.26. The first kappa shape index (κ1) is 14.4. The van der Waals surface area contributed by atoms with E-state index in [1.165, 1.54) is 37.6 Å². The zero-order chi connectivity index (χ0) is 14.5. The second-order valence-corrected chi connectivity index (χ2v) is 4.26. The van der Waals surface area contributed by atoms with Crippen LogP contribution in [0.5, 0.6) is 5.75 Å². The molecular weight excluding hydrogens is 264 g/mol. The van der Waals surface area contributed by atoms with Gasteiger partial charge in [-0.3, -0.25) is 16.3 Å². The molecule has 1 unspecified atom stereocenters. The predicted molar refractivity (Wildman–Crippen MR) is 70.9 cm³/mol. The average molecular weight is 279 g/mol. The van der Waals surface area contributed by atoms with Gasteiger partial charge in [-0.25, -0.2) is 8.78 Å². The molecule has 0 aliphatic heterocycles. The van der Waals surface area contributed by atoms with Gasteiger partial charge in [-0.15, -0.1) is 0 Å². The Labute approximate surface area is 115 Å². The number of nitrogens with one attached hydrogen (secondary N) is 1. The number of aromatic nitrogens is 1. The summed E-state index contributed by atoms with van der Waals surface area (Å²) in [5.41, 5.74) is 3.36. The van der Waals surface area contributed by atoms with E-state index in [9.17, 15) is 8.78 Å². The summed E-state index contributed by atoms with van der Waals surface area (Å²) < 4.78 is 32.1. The normalized spacial score (nSPS) is 12.2. The summed E-state index contributed by atoms with van der Waals surface area (Å²) in [4.78, 5) is 3.97. The van der Waals surface area contributed by atoms with Crippen molar-refractivity contribution in [3.05, 3.63) is 59.4 Å². The van der Waals surface area contributed by atoms with E-state index in [2.05, 4.69) is 10.4 Å². The Morgan fingerprint density at radius 2 is 2.10 bits per heavy atom. The van der Waals surface area contributed by atoms with Gasteiger partial charge in [-0.05, 0) is 36.2 Å². The number of rotatable bonds is 5. The number of pyridine rings is 1. The van der Waals surface area contributed by atoms with Crippen molar-refractivity contribution < 1.29 is 13.5 Å². The lowest BCUT2D eigenvalue weighted by Gasteiger charge is -2.16. The van der Waals surface area contributed by atoms with Crippen molar-refractivity contribution in [1.82, 2.24) is 10.4 Å². The Hall–Kier alpha value is -2.05. The lowest BCUT2D eigenvalue weighted by Crippen LogP contribution is -2.31. The molecule has 1 aromatic carbocycles. The van der Waals surface area contributed by atoms with Gasteiger partial charge in [0.25, 0.3) is 0 Å². The Kier molecular flexibility index (Phi) is 4.60. The summed E-state index contributed by atoms with van der Waals surface area (Å²) in [5.74, 6) is 4.68. The van der Waals surface area contributed by atoms with Crippen LogP contribution in [0.2, 0.25) is 0 Å². The third kappa shape index (κ3) is 3.09. The number of nitrogens with zero attached hydrogens (tertiary/aromatic N) is 1. The van der Waals surface area contributed by atoms with Crippen molar-refractivity contribution in [1.29, 1.82) is 0 Å². The van der Waals surface area contributed by atoms with Crippen molar-refractivity contribution in [3.63, 3.8) is 0 Å². The van der Waals surface area contributed by atoms with Crippen LogP contribution in [0.3, 0.4) is 0 Å². The predicted octanol–water partition coefficient (Wildman–Crippen LogP) is 2.12. The highest BCUT2D eigenvalue weighted by molar-refractivity contribution is 5.30. The summed E-state index contributed by atoms with van der Waals surface area (Å²) in [5, 5.41) is 0. The summed E-state index contributed by atoms with van der Waals surface area (Å²) in [7, 11) is 1.39. The van der Waals surface area contributed by atoms with Crippen LogP contribution in [0.25, 0.3) is 0 Å². The van der Waals surface area contributed by atoms with Crippen LogP contribution in [-0.2, 0) is 6.42 Å². The molecule has 0 radical (unpaired) electrons. The van der Waals surface area contributed by atoms with Gasteiger partial charge in [0.2, 0.25) is 0 Å². The molecule has 0 saturated carbocycles. The average Bonchev–Trinajstić information content (AvgIpc) is 2.46. The molecule has 6 heteroatoms. The van der Waals surface area contributed by atoms with E-state index in [0.717, 1.165) is 0 Å². The van der Waals surface area contributed by atoms with Crippen LogP contribution >= 0.6 is 0 Å². The van der Waals surface area contributed by atoms with Crippen LogP contribution in [0.15, 0.2) is 36.5 Å². The zero-order valence-corrected chi connectivity index (χ0v) is 10.9. The SMILES string of the molecule is COc1ccc(CC(NN)c2ncccc2F)cc1F. The van der Waals surface area contributed by atoms with Crippen LogP contribution < -0.4 is 16.0 Å². The molecule has 2 rings (SSSR count). The van der Waals surface area contributed by atoms with Crippen molar-refractivity contribution in [2.45, 2.75) is 12.5 Å². The summed E-state index contributed by atoms with van der Waals surface area (Å²) in [6, 6.07) is 6.83. The Morgan fingerprint density at radius 3 is 2.70 bits per heavy atom. The van der Waals surface area contributed by atoms with Gasteiger partial charge < -0.3 is 4.74 Å². The Bertz CT molecular complexity index is 592. The lowest BCUT2D eigenvalue weighted by molar-refractivity contribution is 0.386. The molecule has 106 valence electrons. The summed E-state index contributed by atoms with van der Waals surface area (Å²) in [6.45, 7) is 0. The van der Waals surface area contributed by atoms with E-state index >= 15 is 0 Å². The highest BCUT2D eigenvalue weighted by Gasteiger charge is 2.17. The van der Waals surface area contributed by atoms with Gasteiger partial charge in [-0.2, -0.15) is 0 Å². The van der Waals surface area contributed by atoms with E-state index in [-0.39, 0.29) is 11.4 Å². The van der Waals surface area contributed by atoms with Gasteiger partial charge in [0.15, 0.2) is 11.6 Å². The number of methoxy groups -OCH3 is 1. The molecule has 3 N–H and O–H groups in total. The highest BCUT2D eigenvalue weighted by atomic mass is 19.1. The number of halogens is 2. The van der Waals surface area contributed by atoms with Crippen LogP contribution in [-0.4, -0.2) is 12.1 Å². The third-order valence-corrected chi connectivity index (χ3v) is 2.97. The van der Waals surface area contributed by atoms with Crippen molar-refractivity contribution in [2.24, 2.45) is 5.84 Å². The molecule has 0 fully saturated rings. The minimum atomic E-state index is -0.538. The third-order valence-electron chi connectivity index (χ3n) is 2.97. The molecule has 0 spiro atoms. The smallest absolute Gasteiger partial charge is 0.165 e. The summed E-state index contributed by atoms with van der Waals surface area (Å²) in [6.07, 6.45) is 1.79. The molecule has 0 amide bonds. The van der Waals surface area contributed by atoms with Gasteiger partial charge in [0, 0.05) is 6.20 Å². The van der Waals surface area contributed by atoms with Crippen molar-refractivity contribution in [3.8, 4) is 5.75 Å². The molecule has 0 bridgehead atoms. The largest absolute Gasteiger partial charge is 0.494 e. The van der Waals surface area contributed by atoms with Crippen molar-refractivity contribution >= 4 is 0 Å². The molecule has 0 aliphatic carbocycles. The van der Waals surface area contributed by atoms with E-state index in [1.54, 1.807) is 6.07 Å².